The van der Waals surface area contributed by atoms with Crippen molar-refractivity contribution in [2.75, 3.05) is 32.1 Å². The lowest BCUT2D eigenvalue weighted by Crippen LogP contribution is -2.47. The SMILES string of the molecule is CN(C)CC1CN(C(=O)c2cc3ccc(C(F)(F)F)cc3[nH]2)c2ccccc2O1.O=C(O)C(F)(F)F. The Morgan fingerprint density at radius 2 is 1.72 bits per heavy atom. The molecule has 1 unspecified atom stereocenters. The minimum atomic E-state index is -5.08. The number of para-hydroxylation sites is 2. The number of amides is 1. The summed E-state index contributed by atoms with van der Waals surface area (Å²) in [4.78, 5) is 28.6. The number of aromatic amines is 1. The van der Waals surface area contributed by atoms with Crippen molar-refractivity contribution < 1.29 is 45.8 Å². The van der Waals surface area contributed by atoms with E-state index >= 15 is 0 Å². The Kier molecular flexibility index (Phi) is 7.53. The zero-order chi connectivity index (χ0) is 26.8. The molecule has 1 amide bonds. The normalized spacial score (nSPS) is 15.7. The Bertz CT molecular complexity index is 1250. The molecule has 1 aromatic heterocycles. The third-order valence-electron chi connectivity index (χ3n) is 5.07. The molecule has 0 fully saturated rings. The number of anilines is 1. The molecular formula is C23H21F6N3O4. The summed E-state index contributed by atoms with van der Waals surface area (Å²) in [6, 6.07) is 12.2. The Balaban J connectivity index is 0.000000454. The van der Waals surface area contributed by atoms with Crippen LogP contribution >= 0.6 is 0 Å². The molecule has 0 bridgehead atoms. The van der Waals surface area contributed by atoms with Gasteiger partial charge in [0.25, 0.3) is 5.91 Å². The summed E-state index contributed by atoms with van der Waals surface area (Å²) in [7, 11) is 3.85. The van der Waals surface area contributed by atoms with Gasteiger partial charge in [-0.05, 0) is 44.4 Å². The van der Waals surface area contributed by atoms with Gasteiger partial charge in [0.15, 0.2) is 0 Å². The molecule has 4 rings (SSSR count). The second-order valence-corrected chi connectivity index (χ2v) is 8.17. The van der Waals surface area contributed by atoms with Crippen LogP contribution < -0.4 is 9.64 Å². The molecule has 0 aliphatic carbocycles. The molecule has 0 spiro atoms. The van der Waals surface area contributed by atoms with Crippen LogP contribution in [0.15, 0.2) is 48.5 Å². The number of rotatable bonds is 3. The number of carboxylic acid groups (broad SMARTS) is 1. The van der Waals surface area contributed by atoms with Crippen LogP contribution in [-0.2, 0) is 11.0 Å². The van der Waals surface area contributed by atoms with Gasteiger partial charge in [0, 0.05) is 17.4 Å². The molecule has 36 heavy (non-hydrogen) atoms. The number of benzene rings is 2. The average molecular weight is 517 g/mol. The van der Waals surface area contributed by atoms with Gasteiger partial charge in [-0.2, -0.15) is 26.3 Å². The van der Waals surface area contributed by atoms with E-state index < -0.39 is 23.9 Å². The number of H-pyrrole nitrogens is 1. The number of carbonyl (C=O) groups excluding carboxylic acids is 1. The zero-order valence-corrected chi connectivity index (χ0v) is 18.9. The Morgan fingerprint density at radius 1 is 1.08 bits per heavy atom. The summed E-state index contributed by atoms with van der Waals surface area (Å²) in [5, 5.41) is 7.67. The first-order valence-electron chi connectivity index (χ1n) is 10.4. The number of nitrogens with one attached hydrogen (secondary N) is 1. The lowest BCUT2D eigenvalue weighted by atomic mass is 10.1. The second-order valence-electron chi connectivity index (χ2n) is 8.17. The zero-order valence-electron chi connectivity index (χ0n) is 18.9. The highest BCUT2D eigenvalue weighted by Gasteiger charge is 2.38. The first-order valence-corrected chi connectivity index (χ1v) is 10.4. The molecule has 13 heteroatoms. The molecule has 0 radical (unpaired) electrons. The van der Waals surface area contributed by atoms with Gasteiger partial charge in [-0.3, -0.25) is 9.69 Å². The predicted octanol–water partition coefficient (Wildman–Crippen LogP) is 4.79. The van der Waals surface area contributed by atoms with Gasteiger partial charge in [0.05, 0.1) is 17.8 Å². The number of aromatic nitrogens is 1. The maximum Gasteiger partial charge on any atom is 0.490 e. The maximum absolute atomic E-state index is 13.2. The van der Waals surface area contributed by atoms with Crippen LogP contribution in [0, 0.1) is 0 Å². The molecule has 7 nitrogen and oxygen atoms in total. The number of alkyl halides is 6. The second kappa shape index (κ2) is 10.1. The molecule has 1 atom stereocenters. The number of carboxylic acids is 1. The van der Waals surface area contributed by atoms with Crippen LogP contribution in [0.1, 0.15) is 16.1 Å². The quantitative estimate of drug-likeness (QED) is 0.488. The molecule has 194 valence electrons. The number of likely N-dealkylation sites (N-methyl/N-ethyl adjacent to an activating group) is 1. The van der Waals surface area contributed by atoms with Crippen LogP contribution in [0.25, 0.3) is 10.9 Å². The van der Waals surface area contributed by atoms with Crippen LogP contribution in [0.4, 0.5) is 32.0 Å². The number of ether oxygens (including phenoxy) is 1. The van der Waals surface area contributed by atoms with E-state index in [0.717, 1.165) is 12.1 Å². The highest BCUT2D eigenvalue weighted by Crippen LogP contribution is 2.35. The van der Waals surface area contributed by atoms with Crippen molar-refractivity contribution in [2.24, 2.45) is 0 Å². The standard InChI is InChI=1S/C21H20F3N3O2.C2HF3O2/c1-26(2)11-15-12-27(18-5-3-4-6-19(18)29-15)20(28)17-9-13-7-8-14(21(22,23)24)10-16(13)25-17;3-2(4,5)1(6)7/h3-10,15,25H,11-12H2,1-2H3;(H,6,7). The van der Waals surface area contributed by atoms with Gasteiger partial charge >= 0.3 is 18.3 Å². The van der Waals surface area contributed by atoms with Crippen LogP contribution in [0.3, 0.4) is 0 Å². The van der Waals surface area contributed by atoms with Gasteiger partial charge in [0.2, 0.25) is 0 Å². The molecule has 0 saturated heterocycles. The van der Waals surface area contributed by atoms with Crippen molar-refractivity contribution in [3.63, 3.8) is 0 Å². The smallest absolute Gasteiger partial charge is 0.485 e. The number of hydrogen-bond donors (Lipinski definition) is 2. The average Bonchev–Trinajstić information content (AvgIpc) is 3.20. The van der Waals surface area contributed by atoms with E-state index in [2.05, 4.69) is 4.98 Å². The largest absolute Gasteiger partial charge is 0.490 e. The number of aliphatic carboxylic acids is 1. The molecule has 1 aliphatic heterocycles. The van der Waals surface area contributed by atoms with Crippen LogP contribution in [0.2, 0.25) is 0 Å². The van der Waals surface area contributed by atoms with Crippen LogP contribution in [-0.4, -0.2) is 66.3 Å². The van der Waals surface area contributed by atoms with E-state index in [4.69, 9.17) is 14.6 Å². The van der Waals surface area contributed by atoms with Crippen LogP contribution in [0.5, 0.6) is 5.75 Å². The molecule has 2 N–H and O–H groups in total. The van der Waals surface area contributed by atoms with Crippen molar-refractivity contribution in [3.05, 3.63) is 59.8 Å². The van der Waals surface area contributed by atoms with Crippen molar-refractivity contribution in [1.82, 2.24) is 9.88 Å². The number of fused-ring (bicyclic) bond motifs is 2. The maximum atomic E-state index is 13.2. The van der Waals surface area contributed by atoms with E-state index in [0.29, 0.717) is 29.9 Å². The monoisotopic (exact) mass is 517 g/mol. The predicted molar refractivity (Wildman–Crippen MR) is 118 cm³/mol. The van der Waals surface area contributed by atoms with Gasteiger partial charge < -0.3 is 19.7 Å². The minimum absolute atomic E-state index is 0.218. The third-order valence-corrected chi connectivity index (χ3v) is 5.07. The van der Waals surface area contributed by atoms with E-state index in [-0.39, 0.29) is 23.2 Å². The van der Waals surface area contributed by atoms with Crippen molar-refractivity contribution >= 4 is 28.5 Å². The first-order chi connectivity index (χ1) is 16.7. The summed E-state index contributed by atoms with van der Waals surface area (Å²) in [6.07, 6.45) is -9.74. The van der Waals surface area contributed by atoms with E-state index in [1.807, 2.05) is 31.1 Å². The van der Waals surface area contributed by atoms with E-state index in [1.54, 1.807) is 23.1 Å². The third kappa shape index (κ3) is 6.27. The van der Waals surface area contributed by atoms with Gasteiger partial charge in [-0.25, -0.2) is 4.79 Å². The van der Waals surface area contributed by atoms with Crippen molar-refractivity contribution in [1.29, 1.82) is 0 Å². The van der Waals surface area contributed by atoms with E-state index in [1.165, 1.54) is 6.07 Å². The number of halogens is 6. The Labute approximate surface area is 200 Å². The fraction of sp³-hybridized carbons (Fsp3) is 0.304. The summed E-state index contributed by atoms with van der Waals surface area (Å²) in [5.41, 5.74) is 0.393. The first kappa shape index (κ1) is 26.9. The highest BCUT2D eigenvalue weighted by atomic mass is 19.4. The highest BCUT2D eigenvalue weighted by molar-refractivity contribution is 6.08. The van der Waals surface area contributed by atoms with Crippen molar-refractivity contribution in [3.8, 4) is 5.75 Å². The fourth-order valence-electron chi connectivity index (χ4n) is 3.56. The summed E-state index contributed by atoms with van der Waals surface area (Å²) in [5.74, 6) is -2.46. The molecule has 1 aliphatic rings. The lowest BCUT2D eigenvalue weighted by Gasteiger charge is -2.35. The molecular weight excluding hydrogens is 496 g/mol. The molecule has 0 saturated carbocycles. The Hall–Kier alpha value is -3.74. The molecule has 3 aromatic rings. The van der Waals surface area contributed by atoms with Gasteiger partial charge in [-0.1, -0.05) is 18.2 Å². The van der Waals surface area contributed by atoms with Crippen molar-refractivity contribution in [2.45, 2.75) is 18.5 Å². The topological polar surface area (TPSA) is 85.9 Å². The van der Waals surface area contributed by atoms with E-state index in [9.17, 15) is 31.1 Å². The minimum Gasteiger partial charge on any atom is -0.485 e. The summed E-state index contributed by atoms with van der Waals surface area (Å²) < 4.78 is 76.7. The van der Waals surface area contributed by atoms with Gasteiger partial charge in [-0.15, -0.1) is 0 Å². The molecule has 2 heterocycles. The number of carbonyl (C=O) groups is 2. The summed E-state index contributed by atoms with van der Waals surface area (Å²) >= 11 is 0. The number of hydrogen-bond acceptors (Lipinski definition) is 4. The Morgan fingerprint density at radius 3 is 2.31 bits per heavy atom. The van der Waals surface area contributed by atoms with Gasteiger partial charge in [0.1, 0.15) is 17.5 Å². The lowest BCUT2D eigenvalue weighted by molar-refractivity contribution is -0.192. The number of nitrogens with zero attached hydrogens (tertiary/aromatic N) is 2. The fourth-order valence-corrected chi connectivity index (χ4v) is 3.56. The molecule has 2 aromatic carbocycles. The summed E-state index contributed by atoms with van der Waals surface area (Å²) in [6.45, 7) is 0.969.